The maximum Gasteiger partial charge on any atom is 0.260 e. The number of rotatable bonds is 1. The Balaban J connectivity index is 2.12. The number of aliphatic hydroxyl groups is 1. The van der Waals surface area contributed by atoms with Gasteiger partial charge in [-0.3, -0.25) is 14.5 Å². The van der Waals surface area contributed by atoms with Gasteiger partial charge in [-0.2, -0.15) is 0 Å². The summed E-state index contributed by atoms with van der Waals surface area (Å²) in [6, 6.07) is 5.58. The summed E-state index contributed by atoms with van der Waals surface area (Å²) >= 11 is 0. The molecule has 1 aliphatic heterocycles. The van der Waals surface area contributed by atoms with E-state index in [1.807, 2.05) is 25.1 Å². The topological polar surface area (TPSA) is 57.6 Å². The van der Waals surface area contributed by atoms with Crippen molar-refractivity contribution in [3.63, 3.8) is 0 Å². The van der Waals surface area contributed by atoms with E-state index in [1.165, 1.54) is 4.90 Å². The van der Waals surface area contributed by atoms with Crippen molar-refractivity contribution in [1.82, 2.24) is 4.90 Å². The van der Waals surface area contributed by atoms with E-state index in [0.29, 0.717) is 5.56 Å². The first-order chi connectivity index (χ1) is 9.97. The molecule has 1 fully saturated rings. The predicted molar refractivity (Wildman–Crippen MR) is 77.6 cm³/mol. The van der Waals surface area contributed by atoms with E-state index >= 15 is 0 Å². The third-order valence-electron chi connectivity index (χ3n) is 5.70. The molecule has 4 nitrogen and oxygen atoms in total. The first-order valence-corrected chi connectivity index (χ1v) is 7.22. The second-order valence-corrected chi connectivity index (χ2v) is 6.64. The third kappa shape index (κ3) is 1.14. The highest BCUT2D eigenvalue weighted by Crippen LogP contribution is 2.66. The lowest BCUT2D eigenvalue weighted by Gasteiger charge is -2.64. The van der Waals surface area contributed by atoms with E-state index < -0.39 is 10.8 Å². The summed E-state index contributed by atoms with van der Waals surface area (Å²) in [5, 5.41) is 9.91. The number of aliphatic hydroxyl groups excluding tert-OH is 1. The van der Waals surface area contributed by atoms with E-state index in [9.17, 15) is 14.7 Å². The van der Waals surface area contributed by atoms with Gasteiger partial charge in [0.05, 0.1) is 5.41 Å². The molecular weight excluding hydrogens is 266 g/mol. The molecule has 1 heterocycles. The van der Waals surface area contributed by atoms with Crippen molar-refractivity contribution in [2.24, 2.45) is 11.3 Å². The number of carbonyl (C=O) groups excluding carboxylic acids is 2. The van der Waals surface area contributed by atoms with Gasteiger partial charge in [-0.05, 0) is 29.5 Å². The standard InChI is InChI=1S/C17H17NO3/c1-16(9-19)8-11-7-6-10-4-3-5-12-13(10)17(11,16)15(21)18(2)14(12)20/h3-7,11,19H,8-9H2,1-2H3/t11?,16-,17?/m0/s1. The summed E-state index contributed by atoms with van der Waals surface area (Å²) in [6.07, 6.45) is 4.83. The molecule has 2 unspecified atom stereocenters. The molecule has 0 aromatic heterocycles. The number of hydrogen-bond acceptors (Lipinski definition) is 3. The van der Waals surface area contributed by atoms with Gasteiger partial charge in [-0.25, -0.2) is 0 Å². The highest BCUT2D eigenvalue weighted by atomic mass is 16.3. The SMILES string of the molecule is CN1C(=O)c2cccc3c2C2(C1=O)C(C=C3)C[C@@]2(C)CO. The number of nitrogens with zero attached hydrogens (tertiary/aromatic N) is 1. The second kappa shape index (κ2) is 3.63. The monoisotopic (exact) mass is 283 g/mol. The Labute approximate surface area is 123 Å². The Morgan fingerprint density at radius 3 is 2.86 bits per heavy atom. The molecule has 108 valence electrons. The Morgan fingerprint density at radius 1 is 1.38 bits per heavy atom. The van der Waals surface area contributed by atoms with Crippen LogP contribution in [0.2, 0.25) is 0 Å². The van der Waals surface area contributed by atoms with Gasteiger partial charge >= 0.3 is 0 Å². The number of benzene rings is 1. The van der Waals surface area contributed by atoms with Gasteiger partial charge in [0.25, 0.3) is 5.91 Å². The molecule has 0 bridgehead atoms. The molecule has 21 heavy (non-hydrogen) atoms. The van der Waals surface area contributed by atoms with Crippen LogP contribution in [0.5, 0.6) is 0 Å². The Kier molecular flexibility index (Phi) is 2.21. The van der Waals surface area contributed by atoms with Crippen LogP contribution >= 0.6 is 0 Å². The third-order valence-corrected chi connectivity index (χ3v) is 5.70. The van der Waals surface area contributed by atoms with E-state index in [2.05, 4.69) is 6.08 Å². The van der Waals surface area contributed by atoms with Crippen LogP contribution in [0, 0.1) is 11.3 Å². The largest absolute Gasteiger partial charge is 0.396 e. The number of amides is 2. The summed E-state index contributed by atoms with van der Waals surface area (Å²) in [6.45, 7) is 1.89. The molecule has 1 saturated carbocycles. The molecule has 1 aromatic carbocycles. The average molecular weight is 283 g/mol. The van der Waals surface area contributed by atoms with Crippen LogP contribution in [0.3, 0.4) is 0 Å². The van der Waals surface area contributed by atoms with E-state index in [1.54, 1.807) is 13.1 Å². The fraction of sp³-hybridized carbons (Fsp3) is 0.412. The minimum atomic E-state index is -0.787. The van der Waals surface area contributed by atoms with E-state index in [4.69, 9.17) is 0 Å². The summed E-state index contributed by atoms with van der Waals surface area (Å²) in [5.74, 6) is -0.361. The lowest BCUT2D eigenvalue weighted by atomic mass is 9.39. The van der Waals surface area contributed by atoms with Gasteiger partial charge in [-0.1, -0.05) is 31.2 Å². The first-order valence-electron chi connectivity index (χ1n) is 7.22. The molecule has 0 radical (unpaired) electrons. The summed E-state index contributed by atoms with van der Waals surface area (Å²) in [4.78, 5) is 26.7. The Bertz CT molecular complexity index is 723. The fourth-order valence-corrected chi connectivity index (χ4v) is 4.61. The average Bonchev–Trinajstić information content (AvgIpc) is 2.49. The highest BCUT2D eigenvalue weighted by Gasteiger charge is 2.71. The maximum atomic E-state index is 13.0. The molecule has 1 aromatic rings. The summed E-state index contributed by atoms with van der Waals surface area (Å²) in [7, 11) is 1.54. The van der Waals surface area contributed by atoms with Crippen LogP contribution in [-0.2, 0) is 10.2 Å². The lowest BCUT2D eigenvalue weighted by Crippen LogP contribution is -2.71. The van der Waals surface area contributed by atoms with Crippen LogP contribution in [0.15, 0.2) is 24.3 Å². The highest BCUT2D eigenvalue weighted by molar-refractivity contribution is 6.15. The summed E-state index contributed by atoms with van der Waals surface area (Å²) in [5.41, 5.74) is 1.05. The molecule has 4 heteroatoms. The zero-order valence-corrected chi connectivity index (χ0v) is 12.1. The molecule has 4 rings (SSSR count). The van der Waals surface area contributed by atoms with Crippen LogP contribution in [-0.4, -0.2) is 35.5 Å². The van der Waals surface area contributed by atoms with E-state index in [-0.39, 0.29) is 24.3 Å². The fourth-order valence-electron chi connectivity index (χ4n) is 4.61. The first kappa shape index (κ1) is 12.8. The van der Waals surface area contributed by atoms with Gasteiger partial charge in [-0.15, -0.1) is 0 Å². The quantitative estimate of drug-likeness (QED) is 0.796. The van der Waals surface area contributed by atoms with Crippen LogP contribution in [0.1, 0.15) is 34.8 Å². The zero-order valence-electron chi connectivity index (χ0n) is 12.1. The number of likely N-dealkylation sites (N-methyl/N-ethyl adjacent to an activating group) is 1. The van der Waals surface area contributed by atoms with Gasteiger partial charge in [0, 0.05) is 24.6 Å². The molecule has 2 aliphatic carbocycles. The smallest absolute Gasteiger partial charge is 0.260 e. The number of allylic oxidation sites excluding steroid dienone is 1. The van der Waals surface area contributed by atoms with Crippen molar-refractivity contribution in [3.05, 3.63) is 41.0 Å². The summed E-state index contributed by atoms with van der Waals surface area (Å²) < 4.78 is 0. The minimum absolute atomic E-state index is 0.0567. The predicted octanol–water partition coefficient (Wildman–Crippen LogP) is 1.58. The molecule has 3 atom stereocenters. The second-order valence-electron chi connectivity index (χ2n) is 6.64. The Morgan fingerprint density at radius 2 is 2.14 bits per heavy atom. The van der Waals surface area contributed by atoms with Crippen molar-refractivity contribution in [1.29, 1.82) is 0 Å². The molecule has 1 N–H and O–H groups in total. The van der Waals surface area contributed by atoms with Gasteiger partial charge < -0.3 is 5.11 Å². The van der Waals surface area contributed by atoms with Crippen LogP contribution in [0.4, 0.5) is 0 Å². The van der Waals surface area contributed by atoms with Crippen molar-refractivity contribution in [2.45, 2.75) is 18.8 Å². The molecule has 2 amide bonds. The van der Waals surface area contributed by atoms with Crippen molar-refractivity contribution < 1.29 is 14.7 Å². The molecule has 1 spiro atoms. The molecule has 3 aliphatic rings. The van der Waals surface area contributed by atoms with Gasteiger partial charge in [0.1, 0.15) is 0 Å². The minimum Gasteiger partial charge on any atom is -0.396 e. The van der Waals surface area contributed by atoms with Crippen LogP contribution in [0.25, 0.3) is 6.08 Å². The van der Waals surface area contributed by atoms with Crippen molar-refractivity contribution >= 4 is 17.9 Å². The van der Waals surface area contributed by atoms with Crippen molar-refractivity contribution in [2.75, 3.05) is 13.7 Å². The van der Waals surface area contributed by atoms with Gasteiger partial charge in [0.2, 0.25) is 5.91 Å². The number of hydrogen-bond donors (Lipinski definition) is 1. The molecular formula is C17H17NO3. The van der Waals surface area contributed by atoms with Gasteiger partial charge in [0.15, 0.2) is 0 Å². The van der Waals surface area contributed by atoms with Crippen molar-refractivity contribution in [3.8, 4) is 0 Å². The number of carbonyl (C=O) groups is 2. The number of imide groups is 1. The molecule has 0 saturated heterocycles. The van der Waals surface area contributed by atoms with E-state index in [0.717, 1.165) is 17.5 Å². The maximum absolute atomic E-state index is 13.0. The lowest BCUT2D eigenvalue weighted by molar-refractivity contribution is -0.161. The normalized spacial score (nSPS) is 36.1. The van der Waals surface area contributed by atoms with Crippen LogP contribution < -0.4 is 0 Å². The Hall–Kier alpha value is -1.94. The zero-order chi connectivity index (χ0) is 15.0.